The lowest BCUT2D eigenvalue weighted by Gasteiger charge is -2.01. The van der Waals surface area contributed by atoms with E-state index in [2.05, 4.69) is 11.4 Å². The Hall–Kier alpha value is -0.790. The summed E-state index contributed by atoms with van der Waals surface area (Å²) in [5, 5.41) is 2.83. The van der Waals surface area contributed by atoms with Crippen molar-refractivity contribution in [1.82, 2.24) is 5.32 Å². The maximum Gasteiger partial charge on any atom is 0.227 e. The molecule has 1 fully saturated rings. The van der Waals surface area contributed by atoms with Gasteiger partial charge in [-0.05, 0) is 6.42 Å². The lowest BCUT2D eigenvalue weighted by atomic mass is 10.1. The van der Waals surface area contributed by atoms with Gasteiger partial charge in [-0.2, -0.15) is 0 Å². The normalized spacial score (nSPS) is 40.8. The van der Waals surface area contributed by atoms with Gasteiger partial charge < -0.3 is 5.32 Å². The van der Waals surface area contributed by atoms with E-state index in [0.29, 0.717) is 6.04 Å². The monoisotopic (exact) mass is 109 g/mol. The lowest BCUT2D eigenvalue weighted by Crippen LogP contribution is -2.26. The summed E-state index contributed by atoms with van der Waals surface area (Å²) < 4.78 is 0. The van der Waals surface area contributed by atoms with E-state index in [1.54, 1.807) is 0 Å². The topological polar surface area (TPSA) is 29.1 Å². The maximum atomic E-state index is 10.7. The van der Waals surface area contributed by atoms with Crippen molar-refractivity contribution in [3.05, 3.63) is 12.2 Å². The number of fused-ring (bicyclic) bond motifs is 2. The van der Waals surface area contributed by atoms with Crippen molar-refractivity contribution in [2.24, 2.45) is 5.92 Å². The molecule has 2 rings (SSSR count). The van der Waals surface area contributed by atoms with Gasteiger partial charge in [0.1, 0.15) is 0 Å². The van der Waals surface area contributed by atoms with Gasteiger partial charge >= 0.3 is 0 Å². The van der Waals surface area contributed by atoms with Crippen molar-refractivity contribution in [1.29, 1.82) is 0 Å². The number of rotatable bonds is 0. The zero-order valence-corrected chi connectivity index (χ0v) is 4.42. The predicted octanol–water partition coefficient (Wildman–Crippen LogP) is 0.0609. The fraction of sp³-hybridized carbons (Fsp3) is 0.500. The van der Waals surface area contributed by atoms with Gasteiger partial charge in [-0.1, -0.05) is 12.2 Å². The van der Waals surface area contributed by atoms with Crippen molar-refractivity contribution in [3.63, 3.8) is 0 Å². The fourth-order valence-electron chi connectivity index (χ4n) is 1.29. The second-order valence-corrected chi connectivity index (χ2v) is 2.34. The van der Waals surface area contributed by atoms with Crippen LogP contribution < -0.4 is 5.32 Å². The summed E-state index contributed by atoms with van der Waals surface area (Å²) in [7, 11) is 0. The summed E-state index contributed by atoms with van der Waals surface area (Å²) in [5.74, 6) is 0.414. The molecule has 0 saturated carbocycles. The Labute approximate surface area is 47.6 Å². The van der Waals surface area contributed by atoms with Crippen LogP contribution >= 0.6 is 0 Å². The summed E-state index contributed by atoms with van der Waals surface area (Å²) in [6, 6.07) is 0.368. The highest BCUT2D eigenvalue weighted by atomic mass is 16.2. The molecule has 2 aliphatic rings. The molecule has 0 spiro atoms. The SMILES string of the molecule is O=C1N[C@H]2C=CC1C2. The molecule has 42 valence electrons. The Morgan fingerprint density at radius 3 is 2.75 bits per heavy atom. The van der Waals surface area contributed by atoms with Crippen molar-refractivity contribution < 1.29 is 4.79 Å². The van der Waals surface area contributed by atoms with Crippen LogP contribution in [0.2, 0.25) is 0 Å². The Morgan fingerprint density at radius 1 is 1.62 bits per heavy atom. The van der Waals surface area contributed by atoms with Gasteiger partial charge in [-0.15, -0.1) is 0 Å². The molecule has 2 nitrogen and oxygen atoms in total. The van der Waals surface area contributed by atoms with E-state index in [-0.39, 0.29) is 11.8 Å². The van der Waals surface area contributed by atoms with Gasteiger partial charge in [0.25, 0.3) is 0 Å². The van der Waals surface area contributed by atoms with Crippen LogP contribution in [0.15, 0.2) is 12.2 Å². The molecule has 1 unspecified atom stereocenters. The number of hydrogen-bond donors (Lipinski definition) is 1. The Bertz CT molecular complexity index is 162. The smallest absolute Gasteiger partial charge is 0.227 e. The number of hydrogen-bond acceptors (Lipinski definition) is 1. The van der Waals surface area contributed by atoms with Gasteiger partial charge in [-0.3, -0.25) is 4.79 Å². The second-order valence-electron chi connectivity index (χ2n) is 2.34. The molecule has 1 amide bonds. The van der Waals surface area contributed by atoms with Gasteiger partial charge in [0.15, 0.2) is 0 Å². The molecular formula is C6H7NO. The van der Waals surface area contributed by atoms with Crippen LogP contribution in [-0.2, 0) is 4.79 Å². The van der Waals surface area contributed by atoms with Crippen molar-refractivity contribution in [2.45, 2.75) is 12.5 Å². The summed E-state index contributed by atoms with van der Waals surface area (Å²) in [5.41, 5.74) is 0. The molecule has 0 aromatic carbocycles. The highest BCUT2D eigenvalue weighted by molar-refractivity contribution is 5.84. The zero-order chi connectivity index (χ0) is 5.56. The predicted molar refractivity (Wildman–Crippen MR) is 29.2 cm³/mol. The number of nitrogens with one attached hydrogen (secondary N) is 1. The molecule has 1 heterocycles. The molecule has 0 aromatic heterocycles. The van der Waals surface area contributed by atoms with Gasteiger partial charge in [-0.25, -0.2) is 0 Å². The number of carbonyl (C=O) groups excluding carboxylic acids is 1. The first-order chi connectivity index (χ1) is 3.86. The Balaban J connectivity index is 2.35. The molecule has 8 heavy (non-hydrogen) atoms. The molecule has 0 radical (unpaired) electrons. The third-order valence-electron chi connectivity index (χ3n) is 1.75. The van der Waals surface area contributed by atoms with Crippen LogP contribution in [0.25, 0.3) is 0 Å². The highest BCUT2D eigenvalue weighted by Gasteiger charge is 2.32. The van der Waals surface area contributed by atoms with Gasteiger partial charge in [0, 0.05) is 6.04 Å². The molecule has 1 aliphatic heterocycles. The number of carbonyl (C=O) groups is 1. The fourth-order valence-corrected chi connectivity index (χ4v) is 1.29. The third-order valence-corrected chi connectivity index (χ3v) is 1.75. The minimum Gasteiger partial charge on any atom is -0.349 e. The van der Waals surface area contributed by atoms with E-state index in [9.17, 15) is 4.79 Å². The first kappa shape index (κ1) is 4.13. The summed E-state index contributed by atoms with van der Waals surface area (Å²) in [6.07, 6.45) is 5.05. The molecule has 1 N–H and O–H groups in total. The van der Waals surface area contributed by atoms with Crippen LogP contribution in [0, 0.1) is 5.92 Å². The van der Waals surface area contributed by atoms with Crippen LogP contribution in [0.3, 0.4) is 0 Å². The van der Waals surface area contributed by atoms with Crippen molar-refractivity contribution >= 4 is 5.91 Å². The molecule has 2 heteroatoms. The molecule has 0 aromatic rings. The maximum absolute atomic E-state index is 10.7. The average Bonchev–Trinajstić information content (AvgIpc) is 2.23. The summed E-state index contributed by atoms with van der Waals surface area (Å²) in [4.78, 5) is 10.7. The van der Waals surface area contributed by atoms with E-state index in [4.69, 9.17) is 0 Å². The van der Waals surface area contributed by atoms with E-state index in [1.807, 2.05) is 6.08 Å². The van der Waals surface area contributed by atoms with Crippen LogP contribution in [0.1, 0.15) is 6.42 Å². The van der Waals surface area contributed by atoms with E-state index >= 15 is 0 Å². The highest BCUT2D eigenvalue weighted by Crippen LogP contribution is 2.23. The van der Waals surface area contributed by atoms with Crippen molar-refractivity contribution in [3.8, 4) is 0 Å². The summed E-state index contributed by atoms with van der Waals surface area (Å²) in [6.45, 7) is 0. The van der Waals surface area contributed by atoms with E-state index < -0.39 is 0 Å². The Kier molecular flexibility index (Phi) is 0.583. The largest absolute Gasteiger partial charge is 0.349 e. The first-order valence-corrected chi connectivity index (χ1v) is 2.85. The second kappa shape index (κ2) is 1.13. The molecule has 2 bridgehead atoms. The van der Waals surface area contributed by atoms with Crippen LogP contribution in [0.5, 0.6) is 0 Å². The van der Waals surface area contributed by atoms with Gasteiger partial charge in [0.2, 0.25) is 5.91 Å². The minimum absolute atomic E-state index is 0.206. The Morgan fingerprint density at radius 2 is 2.50 bits per heavy atom. The molecule has 1 saturated heterocycles. The zero-order valence-electron chi connectivity index (χ0n) is 4.42. The van der Waals surface area contributed by atoms with Gasteiger partial charge in [0.05, 0.1) is 5.92 Å². The average molecular weight is 109 g/mol. The van der Waals surface area contributed by atoms with E-state index in [0.717, 1.165) is 6.42 Å². The van der Waals surface area contributed by atoms with Crippen LogP contribution in [0.4, 0.5) is 0 Å². The van der Waals surface area contributed by atoms with Crippen molar-refractivity contribution in [2.75, 3.05) is 0 Å². The number of amides is 1. The minimum atomic E-state index is 0.206. The summed E-state index contributed by atoms with van der Waals surface area (Å²) >= 11 is 0. The molecular weight excluding hydrogens is 102 g/mol. The van der Waals surface area contributed by atoms with E-state index in [1.165, 1.54) is 0 Å². The molecule has 2 atom stereocenters. The van der Waals surface area contributed by atoms with Crippen LogP contribution in [-0.4, -0.2) is 11.9 Å². The standard InChI is InChI=1S/C6H7NO/c8-6-4-1-2-5(3-4)7-6/h1-2,4-5H,3H2,(H,7,8)/t4?,5-/m0/s1. The quantitative estimate of drug-likeness (QED) is 0.438. The molecule has 1 aliphatic carbocycles. The third kappa shape index (κ3) is 0.351. The lowest BCUT2D eigenvalue weighted by molar-refractivity contribution is -0.121. The first-order valence-electron chi connectivity index (χ1n) is 2.85.